The van der Waals surface area contributed by atoms with Crippen molar-refractivity contribution in [3.63, 3.8) is 0 Å². The van der Waals surface area contributed by atoms with Crippen LogP contribution in [0.25, 0.3) is 0 Å². The molecule has 2 N–H and O–H groups in total. The molecule has 0 radical (unpaired) electrons. The highest BCUT2D eigenvalue weighted by Crippen LogP contribution is 2.30. The molecule has 0 spiro atoms. The third-order valence-corrected chi connectivity index (χ3v) is 10.4. The van der Waals surface area contributed by atoms with Crippen LogP contribution in [0.15, 0.2) is 30.3 Å². The number of rotatable bonds is 17. The van der Waals surface area contributed by atoms with Crippen molar-refractivity contribution in [2.75, 3.05) is 24.7 Å². The van der Waals surface area contributed by atoms with Crippen molar-refractivity contribution in [2.24, 2.45) is 23.5 Å². The Morgan fingerprint density at radius 3 is 1.16 bits per heavy atom. The van der Waals surface area contributed by atoms with Crippen LogP contribution < -0.4 is 10.6 Å². The van der Waals surface area contributed by atoms with Crippen molar-refractivity contribution in [1.82, 2.24) is 0 Å². The maximum absolute atomic E-state index is 13.2. The standard InChI is InChI=1S/C38H52N2O10/c39-37(47)40(30-19-11-4-12-20-30)38(24-48-34(44)21-31(41)27-13-5-1-6-14-27,25-49-35(45)22-32(42)28-15-7-2-8-16-28)26-50-36(46)23-33(43)29-17-9-3-10-18-29/h4,11-12,19-20,27-29H,1-3,5-10,13-18,21-26H2,(H2,39,47). The van der Waals surface area contributed by atoms with Crippen molar-refractivity contribution in [3.8, 4) is 0 Å². The lowest BCUT2D eigenvalue weighted by Crippen LogP contribution is -2.63. The van der Waals surface area contributed by atoms with Crippen LogP contribution in [0.5, 0.6) is 0 Å². The van der Waals surface area contributed by atoms with Gasteiger partial charge in [-0.1, -0.05) is 76.0 Å². The third-order valence-electron chi connectivity index (χ3n) is 10.4. The van der Waals surface area contributed by atoms with E-state index in [0.29, 0.717) is 38.5 Å². The number of urea groups is 1. The molecule has 50 heavy (non-hydrogen) atoms. The predicted octanol–water partition coefficient (Wildman–Crippen LogP) is 5.56. The fraction of sp³-hybridized carbons (Fsp3) is 0.658. The van der Waals surface area contributed by atoms with E-state index in [1.54, 1.807) is 30.3 Å². The Hall–Kier alpha value is -4.09. The molecule has 2 amide bonds. The van der Waals surface area contributed by atoms with Gasteiger partial charge in [-0.3, -0.25) is 33.7 Å². The summed E-state index contributed by atoms with van der Waals surface area (Å²) in [6.07, 6.45) is 11.3. The second-order valence-electron chi connectivity index (χ2n) is 14.1. The molecule has 0 saturated heterocycles. The van der Waals surface area contributed by atoms with Crippen molar-refractivity contribution >= 4 is 47.0 Å². The van der Waals surface area contributed by atoms with Gasteiger partial charge in [0.2, 0.25) is 0 Å². The van der Waals surface area contributed by atoms with Crippen LogP contribution in [-0.4, -0.2) is 66.6 Å². The molecule has 3 saturated carbocycles. The number of amides is 2. The number of ether oxygens (including phenoxy) is 3. The molecule has 12 nitrogen and oxygen atoms in total. The molecular formula is C38H52N2O10. The molecule has 0 unspecified atom stereocenters. The van der Waals surface area contributed by atoms with Crippen molar-refractivity contribution < 1.29 is 47.8 Å². The largest absolute Gasteiger partial charge is 0.463 e. The van der Waals surface area contributed by atoms with Crippen LogP contribution in [0.4, 0.5) is 10.5 Å². The highest BCUT2D eigenvalue weighted by Gasteiger charge is 2.45. The van der Waals surface area contributed by atoms with E-state index in [-0.39, 0.29) is 40.8 Å². The molecule has 1 aromatic carbocycles. The summed E-state index contributed by atoms with van der Waals surface area (Å²) in [7, 11) is 0. The second kappa shape index (κ2) is 19.3. The molecule has 0 atom stereocenters. The smallest absolute Gasteiger partial charge is 0.320 e. The van der Waals surface area contributed by atoms with Crippen LogP contribution in [-0.2, 0) is 43.0 Å². The Morgan fingerprint density at radius 2 is 0.860 bits per heavy atom. The van der Waals surface area contributed by atoms with Gasteiger partial charge in [-0.25, -0.2) is 4.79 Å². The monoisotopic (exact) mass is 696 g/mol. The molecule has 0 aromatic heterocycles. The van der Waals surface area contributed by atoms with E-state index in [9.17, 15) is 33.6 Å². The number of nitrogens with zero attached hydrogens (tertiary/aromatic N) is 1. The number of benzene rings is 1. The number of ketones is 3. The van der Waals surface area contributed by atoms with Crippen molar-refractivity contribution in [3.05, 3.63) is 30.3 Å². The van der Waals surface area contributed by atoms with E-state index in [1.165, 1.54) is 0 Å². The van der Waals surface area contributed by atoms with Crippen LogP contribution in [0.2, 0.25) is 0 Å². The lowest BCUT2D eigenvalue weighted by molar-refractivity contribution is -0.156. The number of anilines is 1. The van der Waals surface area contributed by atoms with Crippen molar-refractivity contribution in [1.29, 1.82) is 0 Å². The van der Waals surface area contributed by atoms with Gasteiger partial charge in [0.1, 0.15) is 56.4 Å². The Labute approximate surface area is 294 Å². The zero-order valence-electron chi connectivity index (χ0n) is 29.1. The number of para-hydroxylation sites is 1. The molecule has 3 fully saturated rings. The molecule has 0 bridgehead atoms. The van der Waals surface area contributed by atoms with Gasteiger partial charge in [0.15, 0.2) is 5.54 Å². The zero-order valence-corrected chi connectivity index (χ0v) is 29.1. The maximum atomic E-state index is 13.2. The quantitative estimate of drug-likeness (QED) is 0.123. The molecule has 274 valence electrons. The summed E-state index contributed by atoms with van der Waals surface area (Å²) in [5.74, 6) is -4.02. The fourth-order valence-corrected chi connectivity index (χ4v) is 7.46. The van der Waals surface area contributed by atoms with Gasteiger partial charge < -0.3 is 19.9 Å². The summed E-state index contributed by atoms with van der Waals surface area (Å²) < 4.78 is 16.8. The first-order valence-corrected chi connectivity index (χ1v) is 18.3. The van der Waals surface area contributed by atoms with Crippen LogP contribution in [0, 0.1) is 17.8 Å². The Balaban J connectivity index is 1.57. The van der Waals surface area contributed by atoms with Crippen LogP contribution >= 0.6 is 0 Å². The first-order chi connectivity index (χ1) is 24.1. The Bertz CT molecular complexity index is 1230. The highest BCUT2D eigenvalue weighted by molar-refractivity contribution is 5.98. The van der Waals surface area contributed by atoms with E-state index in [4.69, 9.17) is 19.9 Å². The lowest BCUT2D eigenvalue weighted by Gasteiger charge is -2.41. The minimum absolute atomic E-state index is 0.220. The molecule has 1 aromatic rings. The molecule has 0 aliphatic heterocycles. The molecular weight excluding hydrogens is 644 g/mol. The average Bonchev–Trinajstić information content (AvgIpc) is 3.13. The number of carbonyl (C=O) groups is 7. The summed E-state index contributed by atoms with van der Waals surface area (Å²) >= 11 is 0. The predicted molar refractivity (Wildman–Crippen MR) is 183 cm³/mol. The van der Waals surface area contributed by atoms with Gasteiger partial charge in [-0.2, -0.15) is 0 Å². The Morgan fingerprint density at radius 1 is 0.540 bits per heavy atom. The van der Waals surface area contributed by atoms with E-state index >= 15 is 0 Å². The number of primary amides is 1. The van der Waals surface area contributed by atoms with E-state index < -0.39 is 68.6 Å². The minimum Gasteiger partial charge on any atom is -0.463 e. The molecule has 3 aliphatic carbocycles. The minimum atomic E-state index is -1.91. The number of hydrogen-bond acceptors (Lipinski definition) is 10. The van der Waals surface area contributed by atoms with Gasteiger partial charge in [0.05, 0.1) is 0 Å². The molecule has 0 heterocycles. The second-order valence-corrected chi connectivity index (χ2v) is 14.1. The van der Waals surface area contributed by atoms with Gasteiger partial charge >= 0.3 is 23.9 Å². The number of hydrogen-bond donors (Lipinski definition) is 1. The third kappa shape index (κ3) is 11.5. The van der Waals surface area contributed by atoms with E-state index in [2.05, 4.69) is 0 Å². The molecule has 12 heteroatoms. The summed E-state index contributed by atoms with van der Waals surface area (Å²) in [5.41, 5.74) is 4.22. The Kier molecular flexibility index (Phi) is 15.0. The van der Waals surface area contributed by atoms with Gasteiger partial charge in [-0.15, -0.1) is 0 Å². The van der Waals surface area contributed by atoms with Gasteiger partial charge in [0, 0.05) is 23.4 Å². The van der Waals surface area contributed by atoms with E-state index in [0.717, 1.165) is 62.7 Å². The summed E-state index contributed by atoms with van der Waals surface area (Å²) in [4.78, 5) is 92.3. The summed E-state index contributed by atoms with van der Waals surface area (Å²) in [6.45, 7) is -2.01. The molecule has 4 rings (SSSR count). The van der Waals surface area contributed by atoms with Crippen molar-refractivity contribution in [2.45, 2.75) is 121 Å². The number of carbonyl (C=O) groups excluding carboxylic acids is 7. The molecule has 3 aliphatic rings. The topological polar surface area (TPSA) is 176 Å². The number of nitrogens with two attached hydrogens (primary N) is 1. The normalized spacial score (nSPS) is 17.7. The highest BCUT2D eigenvalue weighted by atomic mass is 16.6. The SMILES string of the molecule is NC(=O)N(c1ccccc1)C(COC(=O)CC(=O)C1CCCCC1)(COC(=O)CC(=O)C1CCCCC1)COC(=O)CC(=O)C1CCCCC1. The maximum Gasteiger partial charge on any atom is 0.320 e. The average molecular weight is 697 g/mol. The lowest BCUT2D eigenvalue weighted by atomic mass is 9.85. The summed E-state index contributed by atoms with van der Waals surface area (Å²) in [6, 6.07) is 7.04. The van der Waals surface area contributed by atoms with Gasteiger partial charge in [-0.05, 0) is 50.7 Å². The first-order valence-electron chi connectivity index (χ1n) is 18.3. The van der Waals surface area contributed by atoms with Crippen LogP contribution in [0.3, 0.4) is 0 Å². The van der Waals surface area contributed by atoms with E-state index in [1.807, 2.05) is 0 Å². The summed E-state index contributed by atoms with van der Waals surface area (Å²) in [5, 5.41) is 0. The first kappa shape index (κ1) is 38.7. The number of esters is 3. The number of Topliss-reactive ketones (excluding diaryl/α,β-unsaturated/α-hetero) is 3. The fourth-order valence-electron chi connectivity index (χ4n) is 7.46. The zero-order chi connectivity index (χ0) is 35.9. The van der Waals surface area contributed by atoms with Gasteiger partial charge in [0.25, 0.3) is 0 Å². The van der Waals surface area contributed by atoms with Crippen LogP contribution in [0.1, 0.15) is 116 Å².